The van der Waals surface area contributed by atoms with E-state index >= 15 is 0 Å². The maximum Gasteiger partial charge on any atom is 0.314 e. The van der Waals surface area contributed by atoms with Crippen molar-refractivity contribution in [2.24, 2.45) is 0 Å². The van der Waals surface area contributed by atoms with Gasteiger partial charge in [0, 0.05) is 12.3 Å². The molecule has 118 valence electrons. The summed E-state index contributed by atoms with van der Waals surface area (Å²) in [5.41, 5.74) is 0.974. The van der Waals surface area contributed by atoms with Crippen LogP contribution >= 0.6 is 0 Å². The lowest BCUT2D eigenvalue weighted by Gasteiger charge is -2.04. The summed E-state index contributed by atoms with van der Waals surface area (Å²) in [6.45, 7) is 0.116. The van der Waals surface area contributed by atoms with Crippen molar-refractivity contribution in [2.45, 2.75) is 13.0 Å². The lowest BCUT2D eigenvalue weighted by molar-refractivity contribution is 0.116. The van der Waals surface area contributed by atoms with Gasteiger partial charge in [-0.1, -0.05) is 0 Å². The van der Waals surface area contributed by atoms with Crippen LogP contribution in [-0.4, -0.2) is 20.2 Å². The van der Waals surface area contributed by atoms with Gasteiger partial charge in [-0.3, -0.25) is 4.98 Å². The van der Waals surface area contributed by atoms with Gasteiger partial charge in [-0.2, -0.15) is 8.78 Å². The van der Waals surface area contributed by atoms with Gasteiger partial charge >= 0.3 is 6.43 Å². The van der Waals surface area contributed by atoms with E-state index in [4.69, 9.17) is 9.15 Å². The zero-order valence-electron chi connectivity index (χ0n) is 11.5. The first-order valence-corrected chi connectivity index (χ1v) is 6.43. The standard InChI is InChI=1S/C14H9F3N4O2/c15-9-2-4-11(19-6-9)22-7-10-3-1-8(5-18-10)13-20-21-14(23-13)12(16)17/h1-6,12H,7H2. The molecule has 0 unspecified atom stereocenters. The molecule has 0 radical (unpaired) electrons. The molecule has 23 heavy (non-hydrogen) atoms. The fraction of sp³-hybridized carbons (Fsp3) is 0.143. The van der Waals surface area contributed by atoms with Crippen LogP contribution in [0.1, 0.15) is 18.0 Å². The van der Waals surface area contributed by atoms with Crippen LogP contribution < -0.4 is 4.74 Å². The van der Waals surface area contributed by atoms with Crippen LogP contribution in [-0.2, 0) is 6.61 Å². The molecule has 0 aliphatic carbocycles. The number of pyridine rings is 2. The molecule has 0 saturated carbocycles. The Kier molecular flexibility index (Phi) is 4.18. The Balaban J connectivity index is 1.65. The Morgan fingerprint density at radius 3 is 2.52 bits per heavy atom. The van der Waals surface area contributed by atoms with Crippen molar-refractivity contribution in [3.05, 3.63) is 54.1 Å². The van der Waals surface area contributed by atoms with Crippen molar-refractivity contribution in [3.63, 3.8) is 0 Å². The number of rotatable bonds is 5. The molecular weight excluding hydrogens is 313 g/mol. The molecule has 0 amide bonds. The van der Waals surface area contributed by atoms with Crippen LogP contribution in [0.2, 0.25) is 0 Å². The van der Waals surface area contributed by atoms with E-state index in [1.807, 2.05) is 0 Å². The number of halogens is 3. The zero-order valence-corrected chi connectivity index (χ0v) is 11.5. The Hall–Kier alpha value is -2.97. The van der Waals surface area contributed by atoms with Crippen LogP contribution in [0.25, 0.3) is 11.5 Å². The molecule has 3 heterocycles. The average Bonchev–Trinajstić information content (AvgIpc) is 3.05. The Labute approximate surface area is 128 Å². The predicted molar refractivity (Wildman–Crippen MR) is 71.0 cm³/mol. The van der Waals surface area contributed by atoms with Gasteiger partial charge in [0.1, 0.15) is 12.4 Å². The quantitative estimate of drug-likeness (QED) is 0.718. The molecule has 0 fully saturated rings. The first-order valence-electron chi connectivity index (χ1n) is 6.43. The normalized spacial score (nSPS) is 11.0. The van der Waals surface area contributed by atoms with Crippen LogP contribution in [0.5, 0.6) is 5.88 Å². The number of aromatic nitrogens is 4. The minimum absolute atomic E-state index is 0.0412. The first kappa shape index (κ1) is 14.9. The largest absolute Gasteiger partial charge is 0.471 e. The Morgan fingerprint density at radius 1 is 1.04 bits per heavy atom. The van der Waals surface area contributed by atoms with Gasteiger partial charge < -0.3 is 9.15 Å². The summed E-state index contributed by atoms with van der Waals surface area (Å²) in [6, 6.07) is 5.83. The maximum absolute atomic E-state index is 12.7. The third-order valence-corrected chi connectivity index (χ3v) is 2.77. The van der Waals surface area contributed by atoms with Gasteiger partial charge in [0.2, 0.25) is 11.8 Å². The van der Waals surface area contributed by atoms with Crippen molar-refractivity contribution >= 4 is 0 Å². The molecule has 0 aromatic carbocycles. The molecule has 0 saturated heterocycles. The smallest absolute Gasteiger partial charge is 0.314 e. The second kappa shape index (κ2) is 6.42. The van der Waals surface area contributed by atoms with Gasteiger partial charge in [0.15, 0.2) is 0 Å². The molecule has 0 aliphatic heterocycles. The number of nitrogens with zero attached hydrogens (tertiary/aromatic N) is 4. The van der Waals surface area contributed by atoms with E-state index in [0.29, 0.717) is 11.3 Å². The molecule has 6 nitrogen and oxygen atoms in total. The van der Waals surface area contributed by atoms with Crippen molar-refractivity contribution in [3.8, 4) is 17.3 Å². The minimum Gasteiger partial charge on any atom is -0.471 e. The third kappa shape index (κ3) is 3.62. The molecule has 3 aromatic heterocycles. The highest BCUT2D eigenvalue weighted by Crippen LogP contribution is 2.22. The number of hydrogen-bond donors (Lipinski definition) is 0. The van der Waals surface area contributed by atoms with Crippen LogP contribution in [0.15, 0.2) is 41.1 Å². The summed E-state index contributed by atoms with van der Waals surface area (Å²) in [6.07, 6.45) is -0.373. The fourth-order valence-corrected chi connectivity index (χ4v) is 1.67. The van der Waals surface area contributed by atoms with Crippen molar-refractivity contribution in [1.29, 1.82) is 0 Å². The zero-order chi connectivity index (χ0) is 16.2. The molecule has 0 aliphatic rings. The summed E-state index contributed by atoms with van der Waals surface area (Å²) < 4.78 is 47.6. The number of hydrogen-bond acceptors (Lipinski definition) is 6. The van der Waals surface area contributed by atoms with E-state index in [9.17, 15) is 13.2 Å². The fourth-order valence-electron chi connectivity index (χ4n) is 1.67. The number of alkyl halides is 2. The molecule has 0 spiro atoms. The van der Waals surface area contributed by atoms with Gasteiger partial charge in [-0.25, -0.2) is 9.37 Å². The molecule has 3 rings (SSSR count). The van der Waals surface area contributed by atoms with E-state index in [-0.39, 0.29) is 18.4 Å². The molecule has 0 atom stereocenters. The lowest BCUT2D eigenvalue weighted by Crippen LogP contribution is -1.99. The van der Waals surface area contributed by atoms with Gasteiger partial charge in [0.25, 0.3) is 5.89 Å². The van der Waals surface area contributed by atoms with E-state index < -0.39 is 18.1 Å². The second-order valence-electron chi connectivity index (χ2n) is 4.39. The van der Waals surface area contributed by atoms with Crippen LogP contribution in [0, 0.1) is 5.82 Å². The second-order valence-corrected chi connectivity index (χ2v) is 4.39. The molecular formula is C14H9F3N4O2. The van der Waals surface area contributed by atoms with E-state index in [1.165, 1.54) is 18.3 Å². The molecule has 0 bridgehead atoms. The summed E-state index contributed by atoms with van der Waals surface area (Å²) in [7, 11) is 0. The average molecular weight is 322 g/mol. The predicted octanol–water partition coefficient (Wildman–Crippen LogP) is 3.18. The highest BCUT2D eigenvalue weighted by Gasteiger charge is 2.17. The van der Waals surface area contributed by atoms with Gasteiger partial charge in [-0.15, -0.1) is 10.2 Å². The van der Waals surface area contributed by atoms with Crippen molar-refractivity contribution in [2.75, 3.05) is 0 Å². The highest BCUT2D eigenvalue weighted by atomic mass is 19.3. The molecule has 0 N–H and O–H groups in total. The monoisotopic (exact) mass is 322 g/mol. The summed E-state index contributed by atoms with van der Waals surface area (Å²) in [4.78, 5) is 7.85. The first-order chi connectivity index (χ1) is 11.1. The highest BCUT2D eigenvalue weighted by molar-refractivity contribution is 5.50. The summed E-state index contributed by atoms with van der Waals surface area (Å²) in [5, 5.41) is 6.77. The summed E-state index contributed by atoms with van der Waals surface area (Å²) >= 11 is 0. The third-order valence-electron chi connectivity index (χ3n) is 2.77. The number of ether oxygens (including phenoxy) is 1. The Bertz CT molecular complexity index is 775. The van der Waals surface area contributed by atoms with Crippen molar-refractivity contribution < 1.29 is 22.3 Å². The van der Waals surface area contributed by atoms with Crippen LogP contribution in [0.3, 0.4) is 0 Å². The maximum atomic E-state index is 12.7. The van der Waals surface area contributed by atoms with Gasteiger partial charge in [0.05, 0.1) is 17.5 Å². The van der Waals surface area contributed by atoms with Gasteiger partial charge in [-0.05, 0) is 18.2 Å². The van der Waals surface area contributed by atoms with E-state index in [1.54, 1.807) is 12.1 Å². The van der Waals surface area contributed by atoms with Crippen LogP contribution in [0.4, 0.5) is 13.2 Å². The SMILES string of the molecule is Fc1ccc(OCc2ccc(-c3nnc(C(F)F)o3)cn2)nc1. The molecule has 9 heteroatoms. The lowest BCUT2D eigenvalue weighted by atomic mass is 10.2. The molecule has 3 aromatic rings. The Morgan fingerprint density at radius 2 is 1.91 bits per heavy atom. The van der Waals surface area contributed by atoms with E-state index in [2.05, 4.69) is 20.2 Å². The van der Waals surface area contributed by atoms with E-state index in [0.717, 1.165) is 6.20 Å². The summed E-state index contributed by atoms with van der Waals surface area (Å²) in [5.74, 6) is -0.978. The topological polar surface area (TPSA) is 73.9 Å². The van der Waals surface area contributed by atoms with Crippen molar-refractivity contribution in [1.82, 2.24) is 20.2 Å². The minimum atomic E-state index is -2.82.